The first kappa shape index (κ1) is 9.93. The summed E-state index contributed by atoms with van der Waals surface area (Å²) in [6.07, 6.45) is 1.67. The predicted octanol–water partition coefficient (Wildman–Crippen LogP) is 2.44. The maximum Gasteiger partial charge on any atom is 0.226 e. The van der Waals surface area contributed by atoms with Crippen molar-refractivity contribution < 1.29 is 9.52 Å². The third-order valence-electron chi connectivity index (χ3n) is 2.30. The highest BCUT2D eigenvalue weighted by Crippen LogP contribution is 2.22. The fourth-order valence-corrected chi connectivity index (χ4v) is 1.32. The van der Waals surface area contributed by atoms with Gasteiger partial charge < -0.3 is 9.52 Å². The lowest BCUT2D eigenvalue weighted by atomic mass is 10.1. The number of hydrogen-bond acceptors (Lipinski definition) is 3. The number of aliphatic hydroxyl groups is 1. The number of aliphatic hydroxyl groups excluding tert-OH is 1. The van der Waals surface area contributed by atoms with Gasteiger partial charge in [0, 0.05) is 11.5 Å². The molecule has 0 spiro atoms. The molecular weight excluding hydrogens is 190 g/mol. The lowest BCUT2D eigenvalue weighted by Crippen LogP contribution is -1.96. The highest BCUT2D eigenvalue weighted by Gasteiger charge is 2.11. The van der Waals surface area contributed by atoms with E-state index >= 15 is 0 Å². The molecule has 0 aliphatic heterocycles. The average Bonchev–Trinajstić information content (AvgIpc) is 2.78. The highest BCUT2D eigenvalue weighted by atomic mass is 16.4. The number of benzene rings is 1. The van der Waals surface area contributed by atoms with Crippen LogP contribution in [0.15, 0.2) is 40.9 Å². The topological polar surface area (TPSA) is 46.3 Å². The molecule has 3 nitrogen and oxygen atoms in total. The van der Waals surface area contributed by atoms with E-state index in [1.165, 1.54) is 0 Å². The van der Waals surface area contributed by atoms with Gasteiger partial charge in [-0.15, -0.1) is 0 Å². The van der Waals surface area contributed by atoms with Crippen LogP contribution < -0.4 is 0 Å². The van der Waals surface area contributed by atoms with Crippen molar-refractivity contribution in [1.82, 2.24) is 4.98 Å². The minimum Gasteiger partial charge on any atom is -0.441 e. The second-order valence-electron chi connectivity index (χ2n) is 3.52. The van der Waals surface area contributed by atoms with Crippen molar-refractivity contribution in [1.29, 1.82) is 0 Å². The number of rotatable bonds is 3. The maximum absolute atomic E-state index is 8.98. The van der Waals surface area contributed by atoms with Crippen LogP contribution in [0.2, 0.25) is 0 Å². The van der Waals surface area contributed by atoms with Crippen LogP contribution >= 0.6 is 0 Å². The largest absolute Gasteiger partial charge is 0.441 e. The molecule has 0 aliphatic carbocycles. The van der Waals surface area contributed by atoms with Gasteiger partial charge in [0.1, 0.15) is 5.76 Å². The number of aromatic nitrogens is 1. The maximum atomic E-state index is 8.98. The van der Waals surface area contributed by atoms with Gasteiger partial charge in [0.15, 0.2) is 0 Å². The average molecular weight is 203 g/mol. The second kappa shape index (κ2) is 4.28. The van der Waals surface area contributed by atoms with Crippen LogP contribution in [0, 0.1) is 0 Å². The van der Waals surface area contributed by atoms with Crippen LogP contribution in [-0.2, 0) is 0 Å². The van der Waals surface area contributed by atoms with Crippen molar-refractivity contribution in [2.75, 3.05) is 6.61 Å². The first-order valence-corrected chi connectivity index (χ1v) is 4.93. The Bertz CT molecular complexity index is 422. The second-order valence-corrected chi connectivity index (χ2v) is 3.52. The Hall–Kier alpha value is -1.61. The van der Waals surface area contributed by atoms with Crippen LogP contribution in [0.25, 0.3) is 11.5 Å². The van der Waals surface area contributed by atoms with E-state index in [-0.39, 0.29) is 12.5 Å². The van der Waals surface area contributed by atoms with E-state index in [0.29, 0.717) is 5.89 Å². The third-order valence-corrected chi connectivity index (χ3v) is 2.30. The summed E-state index contributed by atoms with van der Waals surface area (Å²) in [4.78, 5) is 4.18. The normalized spacial score (nSPS) is 12.7. The standard InChI is InChI=1S/C12H13NO2/c1-9(8-14)11-7-13-12(15-11)10-5-3-2-4-6-10/h2-7,9,14H,8H2,1H3. The Morgan fingerprint density at radius 1 is 1.33 bits per heavy atom. The molecule has 1 N–H and O–H groups in total. The van der Waals surface area contributed by atoms with E-state index in [1.807, 2.05) is 37.3 Å². The molecule has 78 valence electrons. The Balaban J connectivity index is 2.28. The van der Waals surface area contributed by atoms with Crippen LogP contribution in [0.3, 0.4) is 0 Å². The summed E-state index contributed by atoms with van der Waals surface area (Å²) in [5.41, 5.74) is 0.953. The Morgan fingerprint density at radius 3 is 2.73 bits per heavy atom. The molecule has 1 aromatic carbocycles. The molecule has 0 fully saturated rings. The highest BCUT2D eigenvalue weighted by molar-refractivity contribution is 5.52. The SMILES string of the molecule is CC(CO)c1cnc(-c2ccccc2)o1. The van der Waals surface area contributed by atoms with Gasteiger partial charge in [-0.3, -0.25) is 0 Å². The Morgan fingerprint density at radius 2 is 2.07 bits per heavy atom. The van der Waals surface area contributed by atoms with E-state index < -0.39 is 0 Å². The van der Waals surface area contributed by atoms with E-state index in [2.05, 4.69) is 4.98 Å². The molecule has 15 heavy (non-hydrogen) atoms. The van der Waals surface area contributed by atoms with Gasteiger partial charge >= 0.3 is 0 Å². The molecule has 1 unspecified atom stereocenters. The van der Waals surface area contributed by atoms with Crippen LogP contribution in [0.1, 0.15) is 18.6 Å². The lowest BCUT2D eigenvalue weighted by Gasteiger charge is -2.01. The smallest absolute Gasteiger partial charge is 0.226 e. The quantitative estimate of drug-likeness (QED) is 0.833. The summed E-state index contributed by atoms with van der Waals surface area (Å²) < 4.78 is 5.55. The van der Waals surface area contributed by atoms with Gasteiger partial charge in [-0.25, -0.2) is 4.98 Å². The van der Waals surface area contributed by atoms with E-state index in [0.717, 1.165) is 11.3 Å². The van der Waals surface area contributed by atoms with Gasteiger partial charge in [-0.1, -0.05) is 25.1 Å². The zero-order valence-corrected chi connectivity index (χ0v) is 8.55. The molecular formula is C12H13NO2. The van der Waals surface area contributed by atoms with Crippen molar-refractivity contribution in [2.45, 2.75) is 12.8 Å². The molecule has 0 saturated carbocycles. The van der Waals surface area contributed by atoms with Crippen LogP contribution in [0.4, 0.5) is 0 Å². The van der Waals surface area contributed by atoms with Gasteiger partial charge in [0.25, 0.3) is 0 Å². The van der Waals surface area contributed by atoms with Crippen molar-refractivity contribution in [3.05, 3.63) is 42.3 Å². The molecule has 0 bridgehead atoms. The third kappa shape index (κ3) is 2.07. The fourth-order valence-electron chi connectivity index (χ4n) is 1.32. The first-order valence-electron chi connectivity index (χ1n) is 4.93. The zero-order valence-electron chi connectivity index (χ0n) is 8.55. The molecule has 2 aromatic rings. The van der Waals surface area contributed by atoms with Gasteiger partial charge in [0.05, 0.1) is 12.8 Å². The van der Waals surface area contributed by atoms with E-state index in [4.69, 9.17) is 9.52 Å². The van der Waals surface area contributed by atoms with Crippen molar-refractivity contribution in [3.63, 3.8) is 0 Å². The molecule has 0 amide bonds. The fraction of sp³-hybridized carbons (Fsp3) is 0.250. The molecule has 1 atom stereocenters. The molecule has 0 aliphatic rings. The molecule has 0 radical (unpaired) electrons. The van der Waals surface area contributed by atoms with Gasteiger partial charge in [0.2, 0.25) is 5.89 Å². The zero-order chi connectivity index (χ0) is 10.7. The first-order chi connectivity index (χ1) is 7.31. The summed E-state index contributed by atoms with van der Waals surface area (Å²) in [6, 6.07) is 9.71. The molecule has 0 saturated heterocycles. The summed E-state index contributed by atoms with van der Waals surface area (Å²) in [5.74, 6) is 1.32. The van der Waals surface area contributed by atoms with Crippen molar-refractivity contribution in [2.24, 2.45) is 0 Å². The molecule has 3 heteroatoms. The Labute approximate surface area is 88.4 Å². The van der Waals surface area contributed by atoms with Crippen molar-refractivity contribution >= 4 is 0 Å². The summed E-state index contributed by atoms with van der Waals surface area (Å²) in [5, 5.41) is 8.98. The number of nitrogens with zero attached hydrogens (tertiary/aromatic N) is 1. The minimum absolute atomic E-state index is 0.00466. The van der Waals surface area contributed by atoms with Gasteiger partial charge in [-0.05, 0) is 12.1 Å². The molecule has 1 heterocycles. The van der Waals surface area contributed by atoms with Gasteiger partial charge in [-0.2, -0.15) is 0 Å². The predicted molar refractivity (Wildman–Crippen MR) is 57.4 cm³/mol. The minimum atomic E-state index is -0.00466. The summed E-state index contributed by atoms with van der Waals surface area (Å²) >= 11 is 0. The van der Waals surface area contributed by atoms with Crippen LogP contribution in [0.5, 0.6) is 0 Å². The van der Waals surface area contributed by atoms with E-state index in [1.54, 1.807) is 6.20 Å². The Kier molecular flexibility index (Phi) is 2.83. The monoisotopic (exact) mass is 203 g/mol. The number of oxazole rings is 1. The van der Waals surface area contributed by atoms with Crippen LogP contribution in [-0.4, -0.2) is 16.7 Å². The summed E-state index contributed by atoms with van der Waals surface area (Å²) in [6.45, 7) is 1.97. The molecule has 2 rings (SSSR count). The van der Waals surface area contributed by atoms with E-state index in [9.17, 15) is 0 Å². The molecule has 1 aromatic heterocycles. The summed E-state index contributed by atoms with van der Waals surface area (Å²) in [7, 11) is 0. The lowest BCUT2D eigenvalue weighted by molar-refractivity contribution is 0.258. The van der Waals surface area contributed by atoms with Crippen molar-refractivity contribution in [3.8, 4) is 11.5 Å². The number of hydrogen-bond donors (Lipinski definition) is 1.